The third-order valence-electron chi connectivity index (χ3n) is 12.3. The largest absolute Gasteiger partial charge is 0.491 e. The van der Waals surface area contributed by atoms with Crippen molar-refractivity contribution in [3.8, 4) is 0 Å². The molecule has 46 heavy (non-hydrogen) atoms. The fourth-order valence-corrected chi connectivity index (χ4v) is 9.89. The van der Waals surface area contributed by atoms with E-state index in [-0.39, 0.29) is 35.0 Å². The van der Waals surface area contributed by atoms with Crippen molar-refractivity contribution in [2.45, 2.75) is 117 Å². The Morgan fingerprint density at radius 1 is 1.02 bits per heavy atom. The molecule has 4 aliphatic carbocycles. The zero-order valence-corrected chi connectivity index (χ0v) is 28.5. The second-order valence-corrected chi connectivity index (χ2v) is 16.2. The summed E-state index contributed by atoms with van der Waals surface area (Å²) in [5, 5.41) is 0. The zero-order valence-electron chi connectivity index (χ0n) is 28.5. The lowest BCUT2D eigenvalue weighted by Gasteiger charge is -2.47. The van der Waals surface area contributed by atoms with Crippen LogP contribution >= 0.6 is 0 Å². The van der Waals surface area contributed by atoms with E-state index < -0.39 is 41.6 Å². The maximum atomic E-state index is 14.4. The zero-order chi connectivity index (χ0) is 33.3. The van der Waals surface area contributed by atoms with E-state index in [0.29, 0.717) is 47.5 Å². The van der Waals surface area contributed by atoms with E-state index in [4.69, 9.17) is 18.9 Å². The summed E-state index contributed by atoms with van der Waals surface area (Å²) in [6, 6.07) is 0. The van der Waals surface area contributed by atoms with Crippen LogP contribution in [0.4, 0.5) is 0 Å². The van der Waals surface area contributed by atoms with Crippen molar-refractivity contribution in [3.63, 3.8) is 0 Å². The van der Waals surface area contributed by atoms with Gasteiger partial charge in [0, 0.05) is 32.1 Å². The highest BCUT2D eigenvalue weighted by Crippen LogP contribution is 2.72. The molecule has 250 valence electrons. The van der Waals surface area contributed by atoms with E-state index in [1.165, 1.54) is 26.9 Å². The highest BCUT2D eigenvalue weighted by molar-refractivity contribution is 6.03. The van der Waals surface area contributed by atoms with E-state index in [9.17, 15) is 19.2 Å². The predicted molar refractivity (Wildman–Crippen MR) is 171 cm³/mol. The number of methoxy groups -OCH3 is 1. The van der Waals surface area contributed by atoms with Crippen molar-refractivity contribution < 1.29 is 38.1 Å². The van der Waals surface area contributed by atoms with E-state index in [1.54, 1.807) is 12.2 Å². The van der Waals surface area contributed by atoms with Gasteiger partial charge in [0.25, 0.3) is 0 Å². The highest BCUT2D eigenvalue weighted by Gasteiger charge is 2.67. The number of esters is 3. The molecule has 0 aromatic heterocycles. The van der Waals surface area contributed by atoms with Crippen LogP contribution in [0.2, 0.25) is 0 Å². The first-order valence-electron chi connectivity index (χ1n) is 17.0. The second-order valence-electron chi connectivity index (χ2n) is 16.2. The molecule has 1 saturated heterocycles. The van der Waals surface area contributed by atoms with Crippen molar-refractivity contribution in [1.82, 2.24) is 0 Å². The Morgan fingerprint density at radius 3 is 2.43 bits per heavy atom. The van der Waals surface area contributed by atoms with Crippen LogP contribution in [0.5, 0.6) is 0 Å². The van der Waals surface area contributed by atoms with Crippen LogP contribution in [0.1, 0.15) is 99.3 Å². The SMILES string of the molecule is C=C(C)[C@@H]1C/C=C2/C(=O)O[C@@H](C/C(C)=C/C(=O)[C@@H]3C[C@@]4(CC[C@@H]5[C@@H]4CC(C)(C)C[C@H]4C[C@]45C)OC(=C3C(=O)OC)C1)[C@@H]2OC(C)=O. The van der Waals surface area contributed by atoms with Gasteiger partial charge in [-0.15, -0.1) is 0 Å². The molecule has 0 unspecified atom stereocenters. The molecule has 2 aliphatic heterocycles. The molecule has 8 heteroatoms. The molecular weight excluding hydrogens is 584 g/mol. The van der Waals surface area contributed by atoms with Crippen molar-refractivity contribution in [2.24, 2.45) is 40.4 Å². The summed E-state index contributed by atoms with van der Waals surface area (Å²) in [4.78, 5) is 53.1. The third kappa shape index (κ3) is 5.68. The van der Waals surface area contributed by atoms with Gasteiger partial charge in [0.1, 0.15) is 17.5 Å². The lowest BCUT2D eigenvalue weighted by molar-refractivity contribution is -0.150. The summed E-state index contributed by atoms with van der Waals surface area (Å²) < 4.78 is 23.9. The Kier molecular flexibility index (Phi) is 8.20. The number of ether oxygens (including phenoxy) is 4. The standard InChI is InChI=1S/C38H50O8/c1-20(2)23-9-10-25-33(44-22(4)39)31(45-34(25)41)14-21(3)13-29(40)26-18-38(46-30(15-23)32(26)35(42)43-8)12-11-27-28(38)19-36(5,6)16-24-17-37(24,27)7/h10,13,23-24,26-28,31,33H,1,9,11-12,14-19H2,2-8H3/b21-13+,25-10+/t23-,24+,26+,27-,28+,31+,33-,37-,38-/m1/s1. The Bertz CT molecular complexity index is 1460. The van der Waals surface area contributed by atoms with Crippen LogP contribution in [-0.2, 0) is 38.1 Å². The van der Waals surface area contributed by atoms with Crippen molar-refractivity contribution in [3.05, 3.63) is 46.8 Å². The topological polar surface area (TPSA) is 105 Å². The lowest BCUT2D eigenvalue weighted by Crippen LogP contribution is -2.48. The van der Waals surface area contributed by atoms with Gasteiger partial charge in [-0.2, -0.15) is 0 Å². The average molecular weight is 635 g/mol. The van der Waals surface area contributed by atoms with Crippen LogP contribution in [0.3, 0.4) is 0 Å². The van der Waals surface area contributed by atoms with Gasteiger partial charge >= 0.3 is 17.9 Å². The molecule has 0 aromatic carbocycles. The van der Waals surface area contributed by atoms with E-state index >= 15 is 0 Å². The molecular formula is C38H50O8. The number of hydrogen-bond acceptors (Lipinski definition) is 8. The first-order chi connectivity index (χ1) is 21.6. The molecule has 4 bridgehead atoms. The molecule has 0 aromatic rings. The summed E-state index contributed by atoms with van der Waals surface area (Å²) in [7, 11) is 1.35. The molecule has 6 rings (SSSR count). The highest BCUT2D eigenvalue weighted by atomic mass is 16.6. The van der Waals surface area contributed by atoms with Gasteiger partial charge in [0.15, 0.2) is 11.9 Å². The summed E-state index contributed by atoms with van der Waals surface area (Å²) in [6.45, 7) is 16.5. The van der Waals surface area contributed by atoms with Gasteiger partial charge in [-0.1, -0.05) is 44.6 Å². The minimum atomic E-state index is -0.873. The van der Waals surface area contributed by atoms with Crippen LogP contribution < -0.4 is 0 Å². The third-order valence-corrected chi connectivity index (χ3v) is 12.3. The normalized spacial score (nSPS) is 42.1. The number of carbonyl (C=O) groups is 4. The van der Waals surface area contributed by atoms with Gasteiger partial charge in [-0.05, 0) is 87.0 Å². The number of rotatable bonds is 3. The van der Waals surface area contributed by atoms with E-state index in [0.717, 1.165) is 30.8 Å². The molecule has 3 saturated carbocycles. The number of allylic oxidation sites excluding steroid dienone is 4. The van der Waals surface area contributed by atoms with Crippen LogP contribution in [-0.4, -0.2) is 48.6 Å². The molecule has 8 nitrogen and oxygen atoms in total. The van der Waals surface area contributed by atoms with E-state index in [2.05, 4.69) is 27.4 Å². The van der Waals surface area contributed by atoms with Gasteiger partial charge in [0.05, 0.1) is 24.2 Å². The Balaban J connectivity index is 1.47. The maximum Gasteiger partial charge on any atom is 0.338 e. The second kappa shape index (κ2) is 11.5. The molecule has 9 atom stereocenters. The maximum absolute atomic E-state index is 14.4. The molecule has 0 N–H and O–H groups in total. The van der Waals surface area contributed by atoms with Gasteiger partial charge in [-0.3, -0.25) is 9.59 Å². The molecule has 0 amide bonds. The summed E-state index contributed by atoms with van der Waals surface area (Å²) in [5.74, 6) is -0.704. The van der Waals surface area contributed by atoms with Gasteiger partial charge in [0.2, 0.25) is 0 Å². The number of fused-ring (bicyclic) bond motifs is 7. The van der Waals surface area contributed by atoms with E-state index in [1.807, 2.05) is 13.8 Å². The molecule has 2 heterocycles. The monoisotopic (exact) mass is 634 g/mol. The average Bonchev–Trinajstić information content (AvgIpc) is 3.37. The molecule has 4 fully saturated rings. The van der Waals surface area contributed by atoms with Crippen molar-refractivity contribution >= 4 is 23.7 Å². The minimum absolute atomic E-state index is 0.152. The quantitative estimate of drug-likeness (QED) is 0.191. The summed E-state index contributed by atoms with van der Waals surface area (Å²) in [5.41, 5.74) is 2.00. The summed E-state index contributed by atoms with van der Waals surface area (Å²) in [6.07, 6.45) is 8.48. The lowest BCUT2D eigenvalue weighted by atomic mass is 9.67. The summed E-state index contributed by atoms with van der Waals surface area (Å²) >= 11 is 0. The smallest absolute Gasteiger partial charge is 0.338 e. The molecule has 1 spiro atoms. The number of hydrogen-bond donors (Lipinski definition) is 0. The van der Waals surface area contributed by atoms with Crippen molar-refractivity contribution in [2.75, 3.05) is 7.11 Å². The Labute approximate surface area is 273 Å². The predicted octanol–water partition coefficient (Wildman–Crippen LogP) is 6.74. The Morgan fingerprint density at radius 2 is 1.76 bits per heavy atom. The molecule has 0 radical (unpaired) electrons. The van der Waals surface area contributed by atoms with Gasteiger partial charge < -0.3 is 18.9 Å². The van der Waals surface area contributed by atoms with Gasteiger partial charge in [-0.25, -0.2) is 9.59 Å². The fraction of sp³-hybridized carbons (Fsp3) is 0.684. The van der Waals surface area contributed by atoms with Crippen molar-refractivity contribution in [1.29, 1.82) is 0 Å². The van der Waals surface area contributed by atoms with Crippen LogP contribution in [0.15, 0.2) is 46.8 Å². The van der Waals surface area contributed by atoms with Crippen LogP contribution in [0.25, 0.3) is 0 Å². The first kappa shape index (κ1) is 32.8. The number of carbonyl (C=O) groups excluding carboxylic acids is 4. The Hall–Kier alpha value is -3.16. The minimum Gasteiger partial charge on any atom is -0.491 e. The first-order valence-corrected chi connectivity index (χ1v) is 17.0. The fourth-order valence-electron chi connectivity index (χ4n) is 9.89. The number of ketones is 1. The molecule has 6 aliphatic rings. The van der Waals surface area contributed by atoms with Crippen LogP contribution in [0, 0.1) is 40.4 Å².